The third-order valence-corrected chi connectivity index (χ3v) is 4.98. The Morgan fingerprint density at radius 1 is 1.38 bits per heavy atom. The molecule has 1 unspecified atom stereocenters. The van der Waals surface area contributed by atoms with Gasteiger partial charge in [0.1, 0.15) is 5.75 Å². The van der Waals surface area contributed by atoms with E-state index in [-0.39, 0.29) is 17.8 Å². The highest BCUT2D eigenvalue weighted by Gasteiger charge is 2.16. The summed E-state index contributed by atoms with van der Waals surface area (Å²) in [5, 5.41) is 9.16. The third kappa shape index (κ3) is 3.86. The van der Waals surface area contributed by atoms with Gasteiger partial charge in [0.2, 0.25) is 0 Å². The molecule has 1 N–H and O–H groups in total. The number of halogens is 1. The number of aryl methyl sites for hydroxylation is 2. The predicted molar refractivity (Wildman–Crippen MR) is 99.2 cm³/mol. The minimum Gasteiger partial charge on any atom is -0.481 e. The number of hydrogen-bond acceptors (Lipinski definition) is 6. The zero-order valence-electron chi connectivity index (χ0n) is 14.1. The van der Waals surface area contributed by atoms with E-state index in [1.807, 2.05) is 13.8 Å². The van der Waals surface area contributed by atoms with Crippen molar-refractivity contribution in [2.75, 3.05) is 0 Å². The minimum atomic E-state index is -0.964. The van der Waals surface area contributed by atoms with Crippen LogP contribution < -0.4 is 9.61 Å². The second kappa shape index (κ2) is 7.43. The van der Waals surface area contributed by atoms with Crippen LogP contribution in [0.15, 0.2) is 29.3 Å². The van der Waals surface area contributed by atoms with Gasteiger partial charge in [0.05, 0.1) is 21.7 Å². The van der Waals surface area contributed by atoms with Crippen LogP contribution in [0.5, 0.6) is 5.75 Å². The first-order valence-electron chi connectivity index (χ1n) is 7.85. The van der Waals surface area contributed by atoms with E-state index >= 15 is 0 Å². The summed E-state index contributed by atoms with van der Waals surface area (Å²) in [6.45, 7) is 3.81. The number of carboxylic acid groups (broad SMARTS) is 1. The molecule has 1 atom stereocenters. The molecule has 0 fully saturated rings. The molecule has 9 heteroatoms. The summed E-state index contributed by atoms with van der Waals surface area (Å²) in [4.78, 5) is 31.2. The van der Waals surface area contributed by atoms with E-state index in [0.717, 1.165) is 16.9 Å². The van der Waals surface area contributed by atoms with Gasteiger partial charge in [0.15, 0.2) is 11.9 Å². The summed E-state index contributed by atoms with van der Waals surface area (Å²) in [7, 11) is 0. The first-order chi connectivity index (χ1) is 12.3. The van der Waals surface area contributed by atoms with Crippen LogP contribution >= 0.6 is 22.9 Å². The van der Waals surface area contributed by atoms with Crippen molar-refractivity contribution in [1.82, 2.24) is 14.5 Å². The summed E-state index contributed by atoms with van der Waals surface area (Å²) in [6.07, 6.45) is 2.86. The normalized spacial score (nSPS) is 12.3. The third-order valence-electron chi connectivity index (χ3n) is 3.74. The Kier molecular flexibility index (Phi) is 5.24. The zero-order chi connectivity index (χ0) is 18.8. The van der Waals surface area contributed by atoms with Gasteiger partial charge in [-0.1, -0.05) is 22.9 Å². The van der Waals surface area contributed by atoms with E-state index in [4.69, 9.17) is 21.4 Å². The van der Waals surface area contributed by atoms with E-state index < -0.39 is 12.1 Å². The van der Waals surface area contributed by atoms with Crippen LogP contribution in [0.4, 0.5) is 0 Å². The molecule has 7 nitrogen and oxygen atoms in total. The van der Waals surface area contributed by atoms with Crippen LogP contribution in [0.3, 0.4) is 0 Å². The summed E-state index contributed by atoms with van der Waals surface area (Å²) in [6, 6.07) is 3.31. The van der Waals surface area contributed by atoms with Gasteiger partial charge >= 0.3 is 10.8 Å². The number of aromatic nitrogens is 3. The number of nitrogens with zero attached hydrogens (tertiary/aromatic N) is 3. The molecule has 0 bridgehead atoms. The lowest BCUT2D eigenvalue weighted by Gasteiger charge is -2.15. The maximum atomic E-state index is 12.1. The van der Waals surface area contributed by atoms with Crippen LogP contribution in [0.2, 0.25) is 5.02 Å². The summed E-state index contributed by atoms with van der Waals surface area (Å²) < 4.78 is 7.96. The van der Waals surface area contributed by atoms with Gasteiger partial charge in [0.25, 0.3) is 0 Å². The first-order valence-corrected chi connectivity index (χ1v) is 9.04. The molecule has 0 aliphatic rings. The summed E-state index contributed by atoms with van der Waals surface area (Å²) in [5.74, 6) is -0.0179. The Morgan fingerprint density at radius 3 is 2.73 bits per heavy atom. The number of carbonyl (C=O) groups is 1. The van der Waals surface area contributed by atoms with E-state index in [2.05, 4.69) is 9.97 Å². The molecule has 0 radical (unpaired) electrons. The van der Waals surface area contributed by atoms with Crippen LogP contribution in [0, 0.1) is 6.92 Å². The molecule has 0 saturated heterocycles. The molecule has 2 aromatic heterocycles. The molecule has 3 aromatic rings. The lowest BCUT2D eigenvalue weighted by molar-refractivity contribution is -0.137. The molecule has 0 amide bonds. The second-order valence-corrected chi connectivity index (χ2v) is 7.19. The number of rotatable bonds is 6. The van der Waals surface area contributed by atoms with Gasteiger partial charge in [-0.15, -0.1) is 0 Å². The average molecular weight is 394 g/mol. The predicted octanol–water partition coefficient (Wildman–Crippen LogP) is 3.43. The molecule has 1 aromatic carbocycles. The monoisotopic (exact) mass is 393 g/mol. The van der Waals surface area contributed by atoms with E-state index in [9.17, 15) is 9.59 Å². The minimum absolute atomic E-state index is 0.0955. The maximum absolute atomic E-state index is 12.1. The van der Waals surface area contributed by atoms with Crippen LogP contribution in [0.1, 0.15) is 30.8 Å². The van der Waals surface area contributed by atoms with E-state index in [1.165, 1.54) is 4.57 Å². The molecular formula is C17H16ClN3O4S. The number of aliphatic carboxylic acids is 1. The van der Waals surface area contributed by atoms with E-state index in [0.29, 0.717) is 26.8 Å². The van der Waals surface area contributed by atoms with Gasteiger partial charge in [-0.05, 0) is 25.5 Å². The molecule has 0 spiro atoms. The van der Waals surface area contributed by atoms with Crippen molar-refractivity contribution >= 4 is 39.1 Å². The Labute approximate surface area is 157 Å². The number of benzene rings is 1. The van der Waals surface area contributed by atoms with Gasteiger partial charge in [-0.3, -0.25) is 14.2 Å². The molecular weight excluding hydrogens is 378 g/mol. The van der Waals surface area contributed by atoms with Crippen molar-refractivity contribution < 1.29 is 14.6 Å². The SMILES string of the molecule is Cc1cnc(C(C)Oc2cc3sc(=O)n(CCC(=O)O)c3cc2Cl)nc1. The van der Waals surface area contributed by atoms with Crippen LogP contribution in [-0.2, 0) is 11.3 Å². The number of thiazole rings is 1. The Bertz CT molecular complexity index is 1010. The average Bonchev–Trinajstić information content (AvgIpc) is 2.88. The molecule has 3 rings (SSSR count). The fraction of sp³-hybridized carbons (Fsp3) is 0.294. The standard InChI is InChI=1S/C17H16ClN3O4S/c1-9-7-19-16(20-8-9)10(2)25-13-6-14-12(5-11(13)18)21(17(24)26-14)4-3-15(22)23/h5-8,10H,3-4H2,1-2H3,(H,22,23). The number of ether oxygens (including phenoxy) is 1. The Morgan fingerprint density at radius 2 is 2.08 bits per heavy atom. The van der Waals surface area contributed by atoms with Crippen LogP contribution in [-0.4, -0.2) is 25.6 Å². The largest absolute Gasteiger partial charge is 0.481 e. The van der Waals surface area contributed by atoms with Gasteiger partial charge in [0, 0.05) is 25.0 Å². The first kappa shape index (κ1) is 18.3. The zero-order valence-corrected chi connectivity index (χ0v) is 15.7. The second-order valence-electron chi connectivity index (χ2n) is 5.79. The van der Waals surface area contributed by atoms with Crippen molar-refractivity contribution in [3.63, 3.8) is 0 Å². The van der Waals surface area contributed by atoms with E-state index in [1.54, 1.807) is 24.5 Å². The quantitative estimate of drug-likeness (QED) is 0.689. The summed E-state index contributed by atoms with van der Waals surface area (Å²) in [5.41, 5.74) is 1.55. The number of fused-ring (bicyclic) bond motifs is 1. The molecule has 2 heterocycles. The van der Waals surface area contributed by atoms with Crippen LogP contribution in [0.25, 0.3) is 10.2 Å². The molecule has 136 valence electrons. The van der Waals surface area contributed by atoms with Crippen molar-refractivity contribution in [3.05, 3.63) is 50.6 Å². The molecule has 0 saturated carbocycles. The van der Waals surface area contributed by atoms with Gasteiger partial charge in [-0.2, -0.15) is 0 Å². The Balaban J connectivity index is 1.90. The fourth-order valence-corrected chi connectivity index (χ4v) is 3.56. The molecule has 0 aliphatic heterocycles. The van der Waals surface area contributed by atoms with Crippen molar-refractivity contribution in [1.29, 1.82) is 0 Å². The topological polar surface area (TPSA) is 94.3 Å². The lowest BCUT2D eigenvalue weighted by atomic mass is 10.3. The van der Waals surface area contributed by atoms with Crippen molar-refractivity contribution in [2.45, 2.75) is 32.9 Å². The molecule has 0 aliphatic carbocycles. The summed E-state index contributed by atoms with van der Waals surface area (Å²) >= 11 is 7.33. The Hall–Kier alpha value is -2.45. The highest BCUT2D eigenvalue weighted by molar-refractivity contribution is 7.16. The highest BCUT2D eigenvalue weighted by Crippen LogP contribution is 2.34. The van der Waals surface area contributed by atoms with Crippen molar-refractivity contribution in [2.24, 2.45) is 0 Å². The van der Waals surface area contributed by atoms with Gasteiger partial charge < -0.3 is 9.84 Å². The maximum Gasteiger partial charge on any atom is 0.308 e. The fourth-order valence-electron chi connectivity index (χ4n) is 2.43. The van der Waals surface area contributed by atoms with Crippen molar-refractivity contribution in [3.8, 4) is 5.75 Å². The smallest absolute Gasteiger partial charge is 0.308 e. The number of hydrogen-bond donors (Lipinski definition) is 1. The lowest BCUT2D eigenvalue weighted by Crippen LogP contribution is -2.15. The highest BCUT2D eigenvalue weighted by atomic mass is 35.5. The molecule has 26 heavy (non-hydrogen) atoms. The van der Waals surface area contributed by atoms with Gasteiger partial charge in [-0.25, -0.2) is 9.97 Å². The number of carboxylic acids is 1.